The minimum absolute atomic E-state index is 0.0825. The first kappa shape index (κ1) is 8.05. The van der Waals surface area contributed by atoms with Crippen LogP contribution in [0.4, 0.5) is 0 Å². The van der Waals surface area contributed by atoms with Gasteiger partial charge in [0.2, 0.25) is 0 Å². The van der Waals surface area contributed by atoms with Gasteiger partial charge < -0.3 is 10.0 Å². The molecule has 12 heavy (non-hydrogen) atoms. The molecule has 0 aromatic heterocycles. The van der Waals surface area contributed by atoms with Crippen LogP contribution >= 0.6 is 0 Å². The summed E-state index contributed by atoms with van der Waals surface area (Å²) >= 11 is 0. The van der Waals surface area contributed by atoms with Crippen molar-refractivity contribution in [2.45, 2.75) is 44.2 Å². The zero-order valence-corrected chi connectivity index (χ0v) is 7.42. The number of carbonyl (C=O) groups is 1. The summed E-state index contributed by atoms with van der Waals surface area (Å²) in [4.78, 5) is 13.3. The Labute approximate surface area is 72.4 Å². The Morgan fingerprint density at radius 2 is 2.17 bits per heavy atom. The smallest absolute Gasteiger partial charge is 0.251 e. The van der Waals surface area contributed by atoms with Crippen molar-refractivity contribution in [2.75, 3.05) is 6.54 Å². The maximum absolute atomic E-state index is 11.4. The van der Waals surface area contributed by atoms with Gasteiger partial charge in [0.15, 0.2) is 0 Å². The average Bonchev–Trinajstić information content (AvgIpc) is 1.81. The SMILES string of the molecule is C[C@@H](O)C(=O)N1CCC12CCC2. The Hall–Kier alpha value is -0.570. The summed E-state index contributed by atoms with van der Waals surface area (Å²) in [5.41, 5.74) is 0.189. The van der Waals surface area contributed by atoms with E-state index in [2.05, 4.69) is 0 Å². The molecule has 0 aromatic rings. The highest BCUT2D eigenvalue weighted by Gasteiger charge is 2.51. The van der Waals surface area contributed by atoms with Gasteiger partial charge in [-0.15, -0.1) is 0 Å². The fourth-order valence-corrected chi connectivity index (χ4v) is 2.21. The molecule has 1 aliphatic heterocycles. The number of likely N-dealkylation sites (tertiary alicyclic amines) is 1. The highest BCUT2D eigenvalue weighted by atomic mass is 16.3. The molecular formula is C9H15NO2. The van der Waals surface area contributed by atoms with E-state index in [1.165, 1.54) is 6.42 Å². The Kier molecular flexibility index (Phi) is 1.65. The van der Waals surface area contributed by atoms with E-state index in [-0.39, 0.29) is 11.4 Å². The predicted octanol–water partition coefficient (Wildman–Crippen LogP) is 0.522. The van der Waals surface area contributed by atoms with E-state index in [0.717, 1.165) is 25.8 Å². The molecule has 1 saturated heterocycles. The average molecular weight is 169 g/mol. The minimum Gasteiger partial charge on any atom is -0.384 e. The lowest BCUT2D eigenvalue weighted by atomic mass is 9.67. The molecule has 68 valence electrons. The summed E-state index contributed by atoms with van der Waals surface area (Å²) in [6, 6.07) is 0. The molecule has 0 radical (unpaired) electrons. The van der Waals surface area contributed by atoms with Crippen molar-refractivity contribution in [1.82, 2.24) is 4.90 Å². The van der Waals surface area contributed by atoms with Gasteiger partial charge in [-0.2, -0.15) is 0 Å². The molecule has 1 amide bonds. The van der Waals surface area contributed by atoms with E-state index in [0.29, 0.717) is 0 Å². The van der Waals surface area contributed by atoms with E-state index in [1.807, 2.05) is 4.90 Å². The Morgan fingerprint density at radius 3 is 2.42 bits per heavy atom. The molecule has 2 rings (SSSR count). The summed E-state index contributed by atoms with van der Waals surface area (Å²) in [6.07, 6.45) is 3.86. The summed E-state index contributed by atoms with van der Waals surface area (Å²) in [5, 5.41) is 9.12. The molecule has 1 spiro atoms. The second-order valence-electron chi connectivity index (χ2n) is 3.99. The normalized spacial score (nSPS) is 27.7. The van der Waals surface area contributed by atoms with E-state index in [1.54, 1.807) is 6.92 Å². The zero-order chi connectivity index (χ0) is 8.77. The molecule has 1 saturated carbocycles. The van der Waals surface area contributed by atoms with Gasteiger partial charge >= 0.3 is 0 Å². The Morgan fingerprint density at radius 1 is 1.50 bits per heavy atom. The number of aliphatic hydroxyl groups is 1. The number of hydrogen-bond acceptors (Lipinski definition) is 2. The Bertz CT molecular complexity index is 203. The lowest BCUT2D eigenvalue weighted by Crippen LogP contribution is -2.67. The van der Waals surface area contributed by atoms with E-state index in [4.69, 9.17) is 5.11 Å². The third-order valence-corrected chi connectivity index (χ3v) is 3.28. The standard InChI is InChI=1S/C9H15NO2/c1-7(11)8(12)10-6-5-9(10)3-2-4-9/h7,11H,2-6H2,1H3/t7-/m1/s1. The molecule has 0 bridgehead atoms. The number of aliphatic hydroxyl groups excluding tert-OH is 1. The first-order chi connectivity index (χ1) is 5.66. The van der Waals surface area contributed by atoms with Crippen LogP contribution in [0.1, 0.15) is 32.6 Å². The lowest BCUT2D eigenvalue weighted by molar-refractivity contribution is -0.164. The topological polar surface area (TPSA) is 40.5 Å². The van der Waals surface area contributed by atoms with Crippen LogP contribution in [0.3, 0.4) is 0 Å². The van der Waals surface area contributed by atoms with Crippen LogP contribution in [0.25, 0.3) is 0 Å². The van der Waals surface area contributed by atoms with Crippen molar-refractivity contribution in [3.05, 3.63) is 0 Å². The van der Waals surface area contributed by atoms with Gasteiger partial charge in [0, 0.05) is 12.1 Å². The van der Waals surface area contributed by atoms with Gasteiger partial charge in [-0.1, -0.05) is 0 Å². The largest absolute Gasteiger partial charge is 0.384 e. The van der Waals surface area contributed by atoms with Gasteiger partial charge in [0.05, 0.1) is 0 Å². The summed E-state index contributed by atoms with van der Waals surface area (Å²) < 4.78 is 0. The van der Waals surface area contributed by atoms with Crippen molar-refractivity contribution >= 4 is 5.91 Å². The van der Waals surface area contributed by atoms with Crippen molar-refractivity contribution in [2.24, 2.45) is 0 Å². The highest BCUT2D eigenvalue weighted by molar-refractivity contribution is 5.82. The fraction of sp³-hybridized carbons (Fsp3) is 0.889. The molecule has 1 heterocycles. The summed E-state index contributed by atoms with van der Waals surface area (Å²) in [5.74, 6) is -0.0825. The van der Waals surface area contributed by atoms with Crippen LogP contribution in [0.5, 0.6) is 0 Å². The van der Waals surface area contributed by atoms with Crippen LogP contribution in [0.2, 0.25) is 0 Å². The molecule has 2 aliphatic rings. The fourth-order valence-electron chi connectivity index (χ4n) is 2.21. The molecule has 1 atom stereocenters. The van der Waals surface area contributed by atoms with E-state index < -0.39 is 6.10 Å². The van der Waals surface area contributed by atoms with Crippen LogP contribution in [-0.4, -0.2) is 34.1 Å². The van der Waals surface area contributed by atoms with E-state index in [9.17, 15) is 4.79 Å². The zero-order valence-electron chi connectivity index (χ0n) is 7.42. The number of nitrogens with zero attached hydrogens (tertiary/aromatic N) is 1. The van der Waals surface area contributed by atoms with Gasteiger partial charge in [0.25, 0.3) is 5.91 Å². The van der Waals surface area contributed by atoms with Crippen LogP contribution < -0.4 is 0 Å². The minimum atomic E-state index is -0.817. The predicted molar refractivity (Wildman–Crippen MR) is 44.6 cm³/mol. The first-order valence-electron chi connectivity index (χ1n) is 4.65. The third-order valence-electron chi connectivity index (χ3n) is 3.28. The maximum Gasteiger partial charge on any atom is 0.251 e. The van der Waals surface area contributed by atoms with E-state index >= 15 is 0 Å². The van der Waals surface area contributed by atoms with Crippen LogP contribution in [0, 0.1) is 0 Å². The third kappa shape index (κ3) is 0.891. The number of hydrogen-bond donors (Lipinski definition) is 1. The van der Waals surface area contributed by atoms with Crippen LogP contribution in [0.15, 0.2) is 0 Å². The van der Waals surface area contributed by atoms with Gasteiger partial charge in [-0.3, -0.25) is 4.79 Å². The molecule has 3 heteroatoms. The monoisotopic (exact) mass is 169 g/mol. The molecule has 0 aromatic carbocycles. The van der Waals surface area contributed by atoms with Crippen molar-refractivity contribution in [1.29, 1.82) is 0 Å². The molecule has 1 aliphatic carbocycles. The number of carbonyl (C=O) groups excluding carboxylic acids is 1. The van der Waals surface area contributed by atoms with Crippen molar-refractivity contribution in [3.63, 3.8) is 0 Å². The maximum atomic E-state index is 11.4. The molecule has 3 nitrogen and oxygen atoms in total. The quantitative estimate of drug-likeness (QED) is 0.621. The van der Waals surface area contributed by atoms with Crippen molar-refractivity contribution < 1.29 is 9.90 Å². The molecule has 2 fully saturated rings. The second kappa shape index (κ2) is 2.46. The molecule has 0 unspecified atom stereocenters. The van der Waals surface area contributed by atoms with Gasteiger partial charge in [-0.25, -0.2) is 0 Å². The second-order valence-corrected chi connectivity index (χ2v) is 3.99. The van der Waals surface area contributed by atoms with Crippen molar-refractivity contribution in [3.8, 4) is 0 Å². The lowest BCUT2D eigenvalue weighted by Gasteiger charge is -2.58. The first-order valence-corrected chi connectivity index (χ1v) is 4.65. The van der Waals surface area contributed by atoms with Gasteiger partial charge in [-0.05, 0) is 32.6 Å². The number of amides is 1. The summed E-state index contributed by atoms with van der Waals surface area (Å²) in [7, 11) is 0. The summed E-state index contributed by atoms with van der Waals surface area (Å²) in [6.45, 7) is 2.40. The number of rotatable bonds is 1. The van der Waals surface area contributed by atoms with Gasteiger partial charge in [0.1, 0.15) is 6.10 Å². The molecule has 1 N–H and O–H groups in total. The Balaban J connectivity index is 2.01. The molecular weight excluding hydrogens is 154 g/mol. The highest BCUT2D eigenvalue weighted by Crippen LogP contribution is 2.47. The van der Waals surface area contributed by atoms with Crippen LogP contribution in [-0.2, 0) is 4.79 Å².